The zero-order valence-electron chi connectivity index (χ0n) is 13.9. The molecular formula is C18H16ClN5OS. The Bertz CT molecular complexity index is 1040. The van der Waals surface area contributed by atoms with Crippen molar-refractivity contribution in [1.82, 2.24) is 25.0 Å². The molecule has 4 aromatic rings. The van der Waals surface area contributed by atoms with Crippen LogP contribution in [-0.2, 0) is 6.54 Å². The van der Waals surface area contributed by atoms with Crippen LogP contribution in [0.1, 0.15) is 30.6 Å². The summed E-state index contributed by atoms with van der Waals surface area (Å²) in [5.74, 6) is 2.27. The summed E-state index contributed by atoms with van der Waals surface area (Å²) in [6.07, 6.45) is 2.17. The number of halogens is 1. The second-order valence-electron chi connectivity index (χ2n) is 6.40. The van der Waals surface area contributed by atoms with Gasteiger partial charge in [-0.15, -0.1) is 11.3 Å². The minimum Gasteiger partial charge on any atom is -0.341 e. The zero-order chi connectivity index (χ0) is 17.5. The molecule has 6 nitrogen and oxygen atoms in total. The van der Waals surface area contributed by atoms with Gasteiger partial charge in [-0.05, 0) is 49.0 Å². The number of likely N-dealkylation sites (tertiary alicyclic amines) is 1. The number of rotatable bonds is 4. The molecule has 0 saturated carbocycles. The van der Waals surface area contributed by atoms with Gasteiger partial charge in [0, 0.05) is 5.02 Å². The summed E-state index contributed by atoms with van der Waals surface area (Å²) in [5, 5.41) is 6.82. The van der Waals surface area contributed by atoms with Gasteiger partial charge in [0.05, 0.1) is 28.5 Å². The molecule has 0 radical (unpaired) electrons. The maximum Gasteiger partial charge on any atom is 0.241 e. The van der Waals surface area contributed by atoms with Crippen molar-refractivity contribution in [2.75, 3.05) is 6.54 Å². The molecule has 0 spiro atoms. The molecule has 26 heavy (non-hydrogen) atoms. The summed E-state index contributed by atoms with van der Waals surface area (Å²) < 4.78 is 5.47. The van der Waals surface area contributed by atoms with Crippen molar-refractivity contribution in [3.8, 4) is 10.7 Å². The number of benzene rings is 1. The van der Waals surface area contributed by atoms with Gasteiger partial charge in [0.15, 0.2) is 0 Å². The van der Waals surface area contributed by atoms with E-state index < -0.39 is 0 Å². The fraction of sp³-hybridized carbons (Fsp3) is 0.278. The normalized spacial score (nSPS) is 18.1. The van der Waals surface area contributed by atoms with Gasteiger partial charge in [-0.2, -0.15) is 4.98 Å². The largest absolute Gasteiger partial charge is 0.341 e. The van der Waals surface area contributed by atoms with E-state index in [2.05, 4.69) is 20.0 Å². The topological polar surface area (TPSA) is 70.8 Å². The lowest BCUT2D eigenvalue weighted by Gasteiger charge is -2.20. The van der Waals surface area contributed by atoms with E-state index in [9.17, 15) is 0 Å². The van der Waals surface area contributed by atoms with E-state index in [1.54, 1.807) is 11.3 Å². The van der Waals surface area contributed by atoms with Crippen molar-refractivity contribution >= 4 is 34.0 Å². The van der Waals surface area contributed by atoms with Crippen molar-refractivity contribution in [1.29, 1.82) is 0 Å². The molecule has 5 rings (SSSR count). The van der Waals surface area contributed by atoms with Gasteiger partial charge >= 0.3 is 0 Å². The first-order chi connectivity index (χ1) is 12.8. The van der Waals surface area contributed by atoms with Crippen LogP contribution in [0.5, 0.6) is 0 Å². The molecule has 0 amide bonds. The lowest BCUT2D eigenvalue weighted by Crippen LogP contribution is -2.23. The molecule has 1 saturated heterocycles. The second-order valence-corrected chi connectivity index (χ2v) is 7.79. The lowest BCUT2D eigenvalue weighted by atomic mass is 10.2. The summed E-state index contributed by atoms with van der Waals surface area (Å²) in [6.45, 7) is 1.61. The maximum atomic E-state index is 6.08. The van der Waals surface area contributed by atoms with Crippen LogP contribution in [0.3, 0.4) is 0 Å². The Morgan fingerprint density at radius 2 is 2.27 bits per heavy atom. The monoisotopic (exact) mass is 385 g/mol. The molecule has 1 aliphatic rings. The molecule has 1 aromatic carbocycles. The number of nitrogens with one attached hydrogen (secondary N) is 1. The van der Waals surface area contributed by atoms with Crippen LogP contribution in [-0.4, -0.2) is 31.6 Å². The van der Waals surface area contributed by atoms with Gasteiger partial charge in [-0.25, -0.2) is 4.98 Å². The van der Waals surface area contributed by atoms with E-state index in [0.717, 1.165) is 41.1 Å². The van der Waals surface area contributed by atoms with Crippen molar-refractivity contribution in [3.05, 3.63) is 52.4 Å². The van der Waals surface area contributed by atoms with Crippen molar-refractivity contribution in [3.63, 3.8) is 0 Å². The Morgan fingerprint density at radius 3 is 3.15 bits per heavy atom. The quantitative estimate of drug-likeness (QED) is 0.553. The van der Waals surface area contributed by atoms with Crippen LogP contribution in [0.15, 0.2) is 40.2 Å². The highest BCUT2D eigenvalue weighted by atomic mass is 35.5. The number of aromatic amines is 1. The average Bonchev–Trinajstić information content (AvgIpc) is 3.41. The van der Waals surface area contributed by atoms with Crippen LogP contribution >= 0.6 is 22.9 Å². The van der Waals surface area contributed by atoms with Crippen LogP contribution in [0.4, 0.5) is 0 Å². The zero-order valence-corrected chi connectivity index (χ0v) is 15.4. The van der Waals surface area contributed by atoms with Crippen LogP contribution < -0.4 is 0 Å². The number of aromatic nitrogens is 4. The second kappa shape index (κ2) is 6.50. The number of H-pyrrole nitrogens is 1. The van der Waals surface area contributed by atoms with Gasteiger partial charge in [-0.1, -0.05) is 22.8 Å². The number of hydrogen-bond donors (Lipinski definition) is 1. The maximum absolute atomic E-state index is 6.08. The first-order valence-electron chi connectivity index (χ1n) is 8.52. The summed E-state index contributed by atoms with van der Waals surface area (Å²) >= 11 is 7.69. The fourth-order valence-corrected chi connectivity index (χ4v) is 4.30. The molecule has 3 aromatic heterocycles. The summed E-state index contributed by atoms with van der Waals surface area (Å²) in [5.41, 5.74) is 1.91. The SMILES string of the molecule is Clc1ccc2nc([C@H]3CCCN3Cc3nc(-c4cccs4)no3)[nH]c2c1. The number of fused-ring (bicyclic) bond motifs is 1. The Labute approximate surface area is 158 Å². The molecule has 1 aliphatic heterocycles. The molecule has 1 N–H and O–H groups in total. The molecule has 0 unspecified atom stereocenters. The van der Waals surface area contributed by atoms with E-state index in [4.69, 9.17) is 21.1 Å². The Hall–Kier alpha value is -2.22. The van der Waals surface area contributed by atoms with Crippen molar-refractivity contribution < 1.29 is 4.52 Å². The van der Waals surface area contributed by atoms with Crippen LogP contribution in [0.2, 0.25) is 5.02 Å². The Kier molecular flexibility index (Phi) is 4.00. The molecule has 0 bridgehead atoms. The standard InChI is InChI=1S/C18H16ClN5OS/c19-11-5-6-12-13(9-11)21-17(20-12)14-3-1-7-24(14)10-16-22-18(23-25-16)15-4-2-8-26-15/h2,4-6,8-9,14H,1,3,7,10H2,(H,20,21)/t14-/m1/s1. The third-order valence-electron chi connectivity index (χ3n) is 4.69. The molecule has 4 heterocycles. The van der Waals surface area contributed by atoms with E-state index in [1.807, 2.05) is 35.7 Å². The third-order valence-corrected chi connectivity index (χ3v) is 5.79. The number of nitrogens with zero attached hydrogens (tertiary/aromatic N) is 4. The van der Waals surface area contributed by atoms with Crippen LogP contribution in [0.25, 0.3) is 21.7 Å². The highest BCUT2D eigenvalue weighted by Gasteiger charge is 2.30. The van der Waals surface area contributed by atoms with Crippen molar-refractivity contribution in [2.45, 2.75) is 25.4 Å². The lowest BCUT2D eigenvalue weighted by molar-refractivity contribution is 0.207. The van der Waals surface area contributed by atoms with Crippen molar-refractivity contribution in [2.24, 2.45) is 0 Å². The minimum absolute atomic E-state index is 0.221. The van der Waals surface area contributed by atoms with Gasteiger partial charge in [0.1, 0.15) is 5.82 Å². The van der Waals surface area contributed by atoms with Gasteiger partial charge in [0.2, 0.25) is 11.7 Å². The number of thiophene rings is 1. The fourth-order valence-electron chi connectivity index (χ4n) is 3.48. The molecule has 0 aliphatic carbocycles. The van der Waals surface area contributed by atoms with Gasteiger partial charge < -0.3 is 9.51 Å². The average molecular weight is 386 g/mol. The van der Waals surface area contributed by atoms with E-state index in [1.165, 1.54) is 0 Å². The van der Waals surface area contributed by atoms with Gasteiger partial charge in [0.25, 0.3) is 0 Å². The smallest absolute Gasteiger partial charge is 0.241 e. The molecule has 1 fully saturated rings. The minimum atomic E-state index is 0.221. The highest BCUT2D eigenvalue weighted by molar-refractivity contribution is 7.13. The van der Waals surface area contributed by atoms with E-state index >= 15 is 0 Å². The summed E-state index contributed by atoms with van der Waals surface area (Å²) in [6, 6.07) is 9.93. The van der Waals surface area contributed by atoms with E-state index in [-0.39, 0.29) is 6.04 Å². The molecular weight excluding hydrogens is 370 g/mol. The van der Waals surface area contributed by atoms with Gasteiger partial charge in [-0.3, -0.25) is 4.90 Å². The first kappa shape index (κ1) is 16.0. The van der Waals surface area contributed by atoms with E-state index in [0.29, 0.717) is 23.3 Å². The number of imidazole rings is 1. The number of hydrogen-bond acceptors (Lipinski definition) is 6. The predicted octanol–water partition coefficient (Wildman–Crippen LogP) is 4.66. The van der Waals surface area contributed by atoms with Crippen LogP contribution in [0, 0.1) is 0 Å². The Balaban J connectivity index is 1.38. The summed E-state index contributed by atoms with van der Waals surface area (Å²) in [4.78, 5) is 16.1. The first-order valence-corrected chi connectivity index (χ1v) is 9.78. The summed E-state index contributed by atoms with van der Waals surface area (Å²) in [7, 11) is 0. The third kappa shape index (κ3) is 2.92. The highest BCUT2D eigenvalue weighted by Crippen LogP contribution is 2.33. The Morgan fingerprint density at radius 1 is 1.31 bits per heavy atom. The molecule has 132 valence electrons. The molecule has 8 heteroatoms. The molecule has 1 atom stereocenters. The predicted molar refractivity (Wildman–Crippen MR) is 101 cm³/mol.